The number of fused-ring (bicyclic) bond motifs is 4. The van der Waals surface area contributed by atoms with Gasteiger partial charge in [0, 0.05) is 30.9 Å². The molecule has 6 nitrogen and oxygen atoms in total. The van der Waals surface area contributed by atoms with Gasteiger partial charge in [0.05, 0.1) is 0 Å². The zero-order valence-corrected chi connectivity index (χ0v) is 10.7. The number of nitrogens with zero attached hydrogens (tertiary/aromatic N) is 3. The highest BCUT2D eigenvalue weighted by Gasteiger charge is 2.34. The van der Waals surface area contributed by atoms with Gasteiger partial charge in [-0.05, 0) is 31.8 Å². The number of anilines is 1. The van der Waals surface area contributed by atoms with Gasteiger partial charge in [-0.2, -0.15) is 0 Å². The third kappa shape index (κ3) is 1.87. The van der Waals surface area contributed by atoms with Crippen LogP contribution in [0.25, 0.3) is 0 Å². The van der Waals surface area contributed by atoms with Gasteiger partial charge in [0.25, 0.3) is 5.91 Å². The van der Waals surface area contributed by atoms with Crippen LogP contribution in [0.1, 0.15) is 28.9 Å². The zero-order chi connectivity index (χ0) is 12.8. The summed E-state index contributed by atoms with van der Waals surface area (Å²) in [5.41, 5.74) is 1.42. The van der Waals surface area contributed by atoms with Gasteiger partial charge in [0.2, 0.25) is 5.95 Å². The summed E-state index contributed by atoms with van der Waals surface area (Å²) in [5.74, 6) is 1.22. The maximum Gasteiger partial charge on any atom is 0.270 e. The molecule has 100 valence electrons. The van der Waals surface area contributed by atoms with Crippen molar-refractivity contribution in [2.75, 3.05) is 25.0 Å². The molecule has 0 radical (unpaired) electrons. The van der Waals surface area contributed by atoms with E-state index in [0.717, 1.165) is 18.0 Å². The molecule has 19 heavy (non-hydrogen) atoms. The van der Waals surface area contributed by atoms with Gasteiger partial charge in [-0.15, -0.1) is 0 Å². The molecule has 3 saturated heterocycles. The molecule has 4 aliphatic heterocycles. The number of rotatable bonds is 2. The summed E-state index contributed by atoms with van der Waals surface area (Å²) in [5, 5.41) is 6.18. The number of hydrogen-bond acceptors (Lipinski definition) is 5. The van der Waals surface area contributed by atoms with E-state index in [4.69, 9.17) is 0 Å². The molecule has 1 amide bonds. The average molecular weight is 259 g/mol. The molecule has 1 aromatic rings. The van der Waals surface area contributed by atoms with Gasteiger partial charge in [-0.1, -0.05) is 0 Å². The Morgan fingerprint density at radius 3 is 2.95 bits per heavy atom. The van der Waals surface area contributed by atoms with Crippen LogP contribution in [-0.2, 0) is 6.54 Å². The van der Waals surface area contributed by atoms with Crippen LogP contribution in [0.3, 0.4) is 0 Å². The van der Waals surface area contributed by atoms with Crippen molar-refractivity contribution in [1.29, 1.82) is 0 Å². The number of piperidine rings is 3. The fourth-order valence-corrected chi connectivity index (χ4v) is 3.36. The molecule has 1 unspecified atom stereocenters. The second-order valence-electron chi connectivity index (χ2n) is 5.64. The fourth-order valence-electron chi connectivity index (χ4n) is 3.36. The number of amides is 1. The molecule has 4 aliphatic rings. The highest BCUT2D eigenvalue weighted by Crippen LogP contribution is 2.29. The first-order valence-corrected chi connectivity index (χ1v) is 6.92. The summed E-state index contributed by atoms with van der Waals surface area (Å²) in [6, 6.07) is 0.421. The van der Waals surface area contributed by atoms with Crippen molar-refractivity contribution < 1.29 is 4.79 Å². The maximum atomic E-state index is 11.6. The molecule has 5 heterocycles. The lowest BCUT2D eigenvalue weighted by Crippen LogP contribution is -2.53. The lowest BCUT2D eigenvalue weighted by Gasteiger charge is -2.44. The van der Waals surface area contributed by atoms with E-state index < -0.39 is 0 Å². The second-order valence-corrected chi connectivity index (χ2v) is 5.64. The summed E-state index contributed by atoms with van der Waals surface area (Å²) in [6.45, 7) is 4.05. The highest BCUT2D eigenvalue weighted by molar-refractivity contribution is 5.96. The molecule has 1 atom stereocenters. The lowest BCUT2D eigenvalue weighted by molar-refractivity contribution is 0.0958. The molecule has 0 spiro atoms. The Morgan fingerprint density at radius 1 is 1.37 bits per heavy atom. The van der Waals surface area contributed by atoms with E-state index in [1.165, 1.54) is 25.9 Å². The number of carbonyl (C=O) groups excluding carboxylic acids is 1. The minimum Gasteiger partial charge on any atom is -0.350 e. The Bertz CT molecular complexity index is 524. The van der Waals surface area contributed by atoms with Crippen LogP contribution >= 0.6 is 0 Å². The van der Waals surface area contributed by atoms with E-state index in [-0.39, 0.29) is 5.91 Å². The van der Waals surface area contributed by atoms with Crippen molar-refractivity contribution in [2.24, 2.45) is 5.92 Å². The zero-order valence-electron chi connectivity index (χ0n) is 10.7. The molecule has 0 aliphatic carbocycles. The van der Waals surface area contributed by atoms with E-state index >= 15 is 0 Å². The monoisotopic (exact) mass is 259 g/mol. The van der Waals surface area contributed by atoms with Crippen LogP contribution in [0.2, 0.25) is 0 Å². The van der Waals surface area contributed by atoms with E-state index in [9.17, 15) is 4.79 Å². The highest BCUT2D eigenvalue weighted by atomic mass is 16.2. The number of aromatic nitrogens is 2. The second kappa shape index (κ2) is 4.16. The smallest absolute Gasteiger partial charge is 0.270 e. The van der Waals surface area contributed by atoms with E-state index in [1.807, 2.05) is 0 Å². The van der Waals surface area contributed by atoms with Crippen molar-refractivity contribution in [3.05, 3.63) is 17.5 Å². The van der Waals surface area contributed by atoms with Crippen molar-refractivity contribution >= 4 is 11.9 Å². The molecular weight excluding hydrogens is 242 g/mol. The van der Waals surface area contributed by atoms with Gasteiger partial charge in [0.1, 0.15) is 5.69 Å². The third-order valence-electron chi connectivity index (χ3n) is 4.49. The van der Waals surface area contributed by atoms with Crippen LogP contribution in [0.15, 0.2) is 6.20 Å². The summed E-state index contributed by atoms with van der Waals surface area (Å²) in [7, 11) is 0. The Balaban J connectivity index is 1.54. The van der Waals surface area contributed by atoms with Gasteiger partial charge in [-0.3, -0.25) is 4.79 Å². The van der Waals surface area contributed by atoms with E-state index in [1.54, 1.807) is 6.20 Å². The van der Waals surface area contributed by atoms with Crippen molar-refractivity contribution in [3.63, 3.8) is 0 Å². The van der Waals surface area contributed by atoms with Crippen LogP contribution in [-0.4, -0.2) is 46.5 Å². The summed E-state index contributed by atoms with van der Waals surface area (Å²) >= 11 is 0. The molecule has 2 bridgehead atoms. The standard InChI is InChI=1S/C13H17N5O/c19-12-11-9(5-14-12)6-15-13(17-11)16-10-7-18-3-1-8(10)2-4-18/h6,8,10H,1-5,7H2,(H,14,19)(H,15,16,17). The molecule has 0 aromatic carbocycles. The molecule has 5 rings (SSSR count). The van der Waals surface area contributed by atoms with Crippen molar-refractivity contribution in [1.82, 2.24) is 20.2 Å². The summed E-state index contributed by atoms with van der Waals surface area (Å²) in [6.07, 6.45) is 4.26. The van der Waals surface area contributed by atoms with Crippen molar-refractivity contribution in [3.8, 4) is 0 Å². The SMILES string of the molecule is O=C1NCc2cnc(NC3CN4CCC3CC4)nc21. The third-order valence-corrected chi connectivity index (χ3v) is 4.49. The molecular formula is C13H17N5O. The van der Waals surface area contributed by atoms with Crippen LogP contribution in [0, 0.1) is 5.92 Å². The van der Waals surface area contributed by atoms with E-state index in [0.29, 0.717) is 24.2 Å². The quantitative estimate of drug-likeness (QED) is 0.795. The number of hydrogen-bond donors (Lipinski definition) is 2. The van der Waals surface area contributed by atoms with Crippen LogP contribution in [0.5, 0.6) is 0 Å². The van der Waals surface area contributed by atoms with Gasteiger partial charge in [0.15, 0.2) is 0 Å². The maximum absolute atomic E-state index is 11.6. The first kappa shape index (κ1) is 11.2. The first-order chi connectivity index (χ1) is 9.29. The largest absolute Gasteiger partial charge is 0.350 e. The predicted octanol–water partition coefficient (Wildman–Crippen LogP) is 0.226. The molecule has 0 saturated carbocycles. The molecule has 2 N–H and O–H groups in total. The fraction of sp³-hybridized carbons (Fsp3) is 0.615. The topological polar surface area (TPSA) is 70.2 Å². The Kier molecular flexibility index (Phi) is 2.44. The Labute approximate surface area is 111 Å². The van der Waals surface area contributed by atoms with E-state index in [2.05, 4.69) is 25.5 Å². The number of nitrogens with one attached hydrogen (secondary N) is 2. The van der Waals surface area contributed by atoms with Crippen molar-refractivity contribution in [2.45, 2.75) is 25.4 Å². The van der Waals surface area contributed by atoms with Gasteiger partial charge >= 0.3 is 0 Å². The summed E-state index contributed by atoms with van der Waals surface area (Å²) in [4.78, 5) is 22.8. The lowest BCUT2D eigenvalue weighted by atomic mass is 9.84. The van der Waals surface area contributed by atoms with Crippen LogP contribution < -0.4 is 10.6 Å². The number of carbonyl (C=O) groups is 1. The minimum absolute atomic E-state index is 0.0886. The predicted molar refractivity (Wildman–Crippen MR) is 69.8 cm³/mol. The average Bonchev–Trinajstić information content (AvgIpc) is 2.82. The summed E-state index contributed by atoms with van der Waals surface area (Å²) < 4.78 is 0. The van der Waals surface area contributed by atoms with Gasteiger partial charge < -0.3 is 15.5 Å². The van der Waals surface area contributed by atoms with Gasteiger partial charge in [-0.25, -0.2) is 9.97 Å². The molecule has 1 aromatic heterocycles. The van der Waals surface area contributed by atoms with Crippen LogP contribution in [0.4, 0.5) is 5.95 Å². The molecule has 6 heteroatoms. The first-order valence-electron chi connectivity index (χ1n) is 6.92. The Hall–Kier alpha value is -1.69. The molecule has 3 fully saturated rings. The minimum atomic E-state index is -0.0886. The Morgan fingerprint density at radius 2 is 2.21 bits per heavy atom. The normalized spacial score (nSPS) is 32.0.